The second-order valence-electron chi connectivity index (χ2n) is 4.14. The second-order valence-corrected chi connectivity index (χ2v) is 4.14. The highest BCUT2D eigenvalue weighted by Crippen LogP contribution is 2.28. The number of phenolic OH excluding ortho intramolecular Hbond substituents is 1. The summed E-state index contributed by atoms with van der Waals surface area (Å²) in [6, 6.07) is 12.1. The molecule has 0 bridgehead atoms. The highest BCUT2D eigenvalue weighted by atomic mass is 19.1. The monoisotopic (exact) mass is 242 g/mol. The fraction of sp³-hybridized carbons (Fsp3) is 0.0714. The van der Waals surface area contributed by atoms with E-state index in [0.29, 0.717) is 12.2 Å². The molecule has 18 heavy (non-hydrogen) atoms. The molecule has 0 amide bonds. The van der Waals surface area contributed by atoms with Crippen molar-refractivity contribution in [1.29, 1.82) is 0 Å². The van der Waals surface area contributed by atoms with Crippen molar-refractivity contribution in [3.8, 4) is 5.75 Å². The standard InChI is InChI=1S/C14H11FN2O/c15-12-7-11(5-6-14(12)18)17-8-10-3-1-2-4-13(10)16-9-17/h1-7,9,18H,8H2. The smallest absolute Gasteiger partial charge is 0.166 e. The van der Waals surface area contributed by atoms with Gasteiger partial charge in [0, 0.05) is 11.8 Å². The fourth-order valence-electron chi connectivity index (χ4n) is 1.96. The Hall–Kier alpha value is -2.36. The van der Waals surface area contributed by atoms with Crippen molar-refractivity contribution in [2.24, 2.45) is 4.99 Å². The van der Waals surface area contributed by atoms with Gasteiger partial charge in [0.05, 0.1) is 18.6 Å². The van der Waals surface area contributed by atoms with Gasteiger partial charge in [-0.05, 0) is 23.8 Å². The van der Waals surface area contributed by atoms with Crippen LogP contribution in [0.3, 0.4) is 0 Å². The number of hydrogen-bond donors (Lipinski definition) is 1. The van der Waals surface area contributed by atoms with Gasteiger partial charge in [-0.1, -0.05) is 18.2 Å². The van der Waals surface area contributed by atoms with Gasteiger partial charge >= 0.3 is 0 Å². The van der Waals surface area contributed by atoms with Crippen LogP contribution in [-0.4, -0.2) is 11.4 Å². The summed E-state index contributed by atoms with van der Waals surface area (Å²) in [6.07, 6.45) is 1.67. The second kappa shape index (κ2) is 4.14. The van der Waals surface area contributed by atoms with Crippen LogP contribution in [0.25, 0.3) is 0 Å². The number of nitrogens with zero attached hydrogens (tertiary/aromatic N) is 2. The van der Waals surface area contributed by atoms with Gasteiger partial charge in [0.2, 0.25) is 0 Å². The Morgan fingerprint density at radius 2 is 2.00 bits per heavy atom. The molecule has 0 fully saturated rings. The Bertz CT molecular complexity index is 625. The molecule has 0 aliphatic carbocycles. The van der Waals surface area contributed by atoms with E-state index in [1.54, 1.807) is 12.4 Å². The van der Waals surface area contributed by atoms with Gasteiger partial charge < -0.3 is 10.0 Å². The Balaban J connectivity index is 1.94. The number of halogens is 1. The summed E-state index contributed by atoms with van der Waals surface area (Å²) in [6.45, 7) is 0.643. The number of para-hydroxylation sites is 1. The first-order chi connectivity index (χ1) is 8.74. The van der Waals surface area contributed by atoms with Crippen LogP contribution < -0.4 is 4.90 Å². The molecular formula is C14H11FN2O. The number of anilines is 1. The lowest BCUT2D eigenvalue weighted by Crippen LogP contribution is -2.23. The predicted molar refractivity (Wildman–Crippen MR) is 68.8 cm³/mol. The first kappa shape index (κ1) is 10.8. The van der Waals surface area contributed by atoms with Crippen molar-refractivity contribution in [3.63, 3.8) is 0 Å². The number of benzene rings is 2. The minimum absolute atomic E-state index is 0.340. The SMILES string of the molecule is Oc1ccc(N2C=Nc3ccccc3C2)cc1F. The molecule has 2 aromatic rings. The Labute approximate surface area is 104 Å². The summed E-state index contributed by atoms with van der Waals surface area (Å²) < 4.78 is 13.3. The molecule has 3 rings (SSSR count). The number of aromatic hydroxyl groups is 1. The molecule has 0 spiro atoms. The van der Waals surface area contributed by atoms with Crippen molar-refractivity contribution >= 4 is 17.7 Å². The molecule has 0 saturated heterocycles. The number of aliphatic imine (C=N–C) groups is 1. The molecule has 3 nitrogen and oxygen atoms in total. The summed E-state index contributed by atoms with van der Waals surface area (Å²) >= 11 is 0. The molecule has 0 unspecified atom stereocenters. The van der Waals surface area contributed by atoms with E-state index < -0.39 is 5.82 Å². The Kier molecular flexibility index (Phi) is 2.48. The van der Waals surface area contributed by atoms with E-state index >= 15 is 0 Å². The average Bonchev–Trinajstić information content (AvgIpc) is 2.41. The number of hydrogen-bond acceptors (Lipinski definition) is 3. The minimum Gasteiger partial charge on any atom is -0.505 e. The number of phenols is 1. The summed E-state index contributed by atoms with van der Waals surface area (Å²) in [5.41, 5.74) is 2.70. The largest absolute Gasteiger partial charge is 0.505 e. The van der Waals surface area contributed by atoms with Gasteiger partial charge in [-0.15, -0.1) is 0 Å². The fourth-order valence-corrected chi connectivity index (χ4v) is 1.96. The highest BCUT2D eigenvalue weighted by molar-refractivity contribution is 5.84. The van der Waals surface area contributed by atoms with Crippen molar-refractivity contribution in [1.82, 2.24) is 0 Å². The van der Waals surface area contributed by atoms with Crippen molar-refractivity contribution in [2.45, 2.75) is 6.54 Å². The van der Waals surface area contributed by atoms with Crippen LogP contribution in [0.15, 0.2) is 47.5 Å². The van der Waals surface area contributed by atoms with Gasteiger partial charge in [-0.25, -0.2) is 9.38 Å². The molecule has 90 valence electrons. The van der Waals surface area contributed by atoms with Crippen LogP contribution in [-0.2, 0) is 6.54 Å². The third kappa shape index (κ3) is 1.82. The van der Waals surface area contributed by atoms with E-state index in [-0.39, 0.29) is 5.75 Å². The lowest BCUT2D eigenvalue weighted by Gasteiger charge is -2.24. The predicted octanol–water partition coefficient (Wildman–Crippen LogP) is 3.21. The first-order valence-electron chi connectivity index (χ1n) is 5.61. The molecule has 0 radical (unpaired) electrons. The van der Waals surface area contributed by atoms with E-state index in [4.69, 9.17) is 0 Å². The maximum absolute atomic E-state index is 13.3. The van der Waals surface area contributed by atoms with Crippen molar-refractivity contribution in [3.05, 3.63) is 53.8 Å². The molecule has 1 aliphatic heterocycles. The molecule has 1 aliphatic rings. The summed E-state index contributed by atoms with van der Waals surface area (Å²) in [7, 11) is 0. The van der Waals surface area contributed by atoms with E-state index in [9.17, 15) is 9.50 Å². The van der Waals surface area contributed by atoms with Crippen LogP contribution in [0, 0.1) is 5.82 Å². The number of rotatable bonds is 1. The summed E-state index contributed by atoms with van der Waals surface area (Å²) in [5.74, 6) is -0.965. The Morgan fingerprint density at radius 3 is 2.83 bits per heavy atom. The zero-order valence-electron chi connectivity index (χ0n) is 9.55. The quantitative estimate of drug-likeness (QED) is 0.833. The third-order valence-electron chi connectivity index (χ3n) is 2.93. The average molecular weight is 242 g/mol. The van der Waals surface area contributed by atoms with Gasteiger partial charge in [-0.3, -0.25) is 0 Å². The van der Waals surface area contributed by atoms with E-state index in [2.05, 4.69) is 4.99 Å². The molecule has 0 saturated carbocycles. The molecule has 2 aromatic carbocycles. The van der Waals surface area contributed by atoms with Crippen LogP contribution in [0.2, 0.25) is 0 Å². The van der Waals surface area contributed by atoms with Crippen molar-refractivity contribution < 1.29 is 9.50 Å². The van der Waals surface area contributed by atoms with Gasteiger partial charge in [-0.2, -0.15) is 0 Å². The topological polar surface area (TPSA) is 35.8 Å². The van der Waals surface area contributed by atoms with Crippen LogP contribution >= 0.6 is 0 Å². The minimum atomic E-state index is -0.625. The van der Waals surface area contributed by atoms with Gasteiger partial charge in [0.15, 0.2) is 11.6 Å². The molecule has 1 N–H and O–H groups in total. The normalized spacial score (nSPS) is 13.5. The van der Waals surface area contributed by atoms with Gasteiger partial charge in [0.1, 0.15) is 0 Å². The molecule has 0 atom stereocenters. The van der Waals surface area contributed by atoms with Gasteiger partial charge in [0.25, 0.3) is 0 Å². The molecule has 4 heteroatoms. The Morgan fingerprint density at radius 1 is 1.17 bits per heavy atom. The zero-order valence-corrected chi connectivity index (χ0v) is 9.55. The van der Waals surface area contributed by atoms with Crippen molar-refractivity contribution in [2.75, 3.05) is 4.90 Å². The number of fused-ring (bicyclic) bond motifs is 1. The van der Waals surface area contributed by atoms with E-state index in [0.717, 1.165) is 11.3 Å². The van der Waals surface area contributed by atoms with Crippen LogP contribution in [0.5, 0.6) is 5.75 Å². The summed E-state index contributed by atoms with van der Waals surface area (Å²) in [5, 5.41) is 9.17. The zero-order chi connectivity index (χ0) is 12.5. The molecule has 0 aromatic heterocycles. The van der Waals surface area contributed by atoms with E-state index in [1.165, 1.54) is 12.1 Å². The molecular weight excluding hydrogens is 231 g/mol. The lowest BCUT2D eigenvalue weighted by molar-refractivity contribution is 0.432. The maximum atomic E-state index is 13.3. The van der Waals surface area contributed by atoms with E-state index in [1.807, 2.05) is 29.2 Å². The molecule has 1 heterocycles. The maximum Gasteiger partial charge on any atom is 0.166 e. The van der Waals surface area contributed by atoms with Crippen LogP contribution in [0.1, 0.15) is 5.56 Å². The highest BCUT2D eigenvalue weighted by Gasteiger charge is 2.13. The van der Waals surface area contributed by atoms with Crippen LogP contribution in [0.4, 0.5) is 15.8 Å². The lowest BCUT2D eigenvalue weighted by atomic mass is 10.1. The summed E-state index contributed by atoms with van der Waals surface area (Å²) in [4.78, 5) is 6.16. The third-order valence-corrected chi connectivity index (χ3v) is 2.93. The first-order valence-corrected chi connectivity index (χ1v) is 5.61.